The molecule has 0 saturated heterocycles. The Morgan fingerprint density at radius 3 is 2.53 bits per heavy atom. The second kappa shape index (κ2) is 9.71. The van der Waals surface area contributed by atoms with Gasteiger partial charge in [0.25, 0.3) is 0 Å². The van der Waals surface area contributed by atoms with E-state index in [0.717, 1.165) is 33.9 Å². The lowest BCUT2D eigenvalue weighted by molar-refractivity contribution is 0.0995. The molecule has 0 fully saturated rings. The quantitative estimate of drug-likeness (QED) is 0.283. The number of rotatable bonds is 9. The number of aromatic amines is 1. The zero-order chi connectivity index (χ0) is 22.7. The molecule has 32 heavy (non-hydrogen) atoms. The van der Waals surface area contributed by atoms with E-state index in [9.17, 15) is 4.79 Å². The number of ketones is 1. The van der Waals surface area contributed by atoms with E-state index in [-0.39, 0.29) is 17.1 Å². The molecule has 0 bridgehead atoms. The van der Waals surface area contributed by atoms with Crippen LogP contribution in [0.1, 0.15) is 48.1 Å². The van der Waals surface area contributed by atoms with Crippen molar-refractivity contribution in [1.82, 2.24) is 24.6 Å². The SMILES string of the molecule is CC[C@H](c1nnc(S[C@H](C)C(=O)c2c[nH]c3ccccc23)n1Cc1ccccc1)N(C)C. The number of carbonyl (C=O) groups is 1. The van der Waals surface area contributed by atoms with Crippen molar-refractivity contribution in [3.63, 3.8) is 0 Å². The number of carbonyl (C=O) groups excluding carboxylic acids is 1. The maximum absolute atomic E-state index is 13.3. The number of para-hydroxylation sites is 1. The average molecular weight is 448 g/mol. The molecule has 0 aliphatic heterocycles. The molecule has 0 spiro atoms. The molecule has 7 heteroatoms. The van der Waals surface area contributed by atoms with Crippen molar-refractivity contribution in [2.75, 3.05) is 14.1 Å². The van der Waals surface area contributed by atoms with Crippen molar-refractivity contribution in [2.45, 2.75) is 43.3 Å². The molecule has 2 heterocycles. The van der Waals surface area contributed by atoms with E-state index < -0.39 is 0 Å². The summed E-state index contributed by atoms with van der Waals surface area (Å²) in [5.74, 6) is 1.01. The maximum atomic E-state index is 13.3. The predicted octanol–water partition coefficient (Wildman–Crippen LogP) is 5.18. The second-order valence-electron chi connectivity index (χ2n) is 8.17. The smallest absolute Gasteiger partial charge is 0.192 e. The van der Waals surface area contributed by atoms with Crippen LogP contribution in [0.5, 0.6) is 0 Å². The van der Waals surface area contributed by atoms with E-state index >= 15 is 0 Å². The number of hydrogen-bond acceptors (Lipinski definition) is 5. The van der Waals surface area contributed by atoms with Crippen LogP contribution in [0.2, 0.25) is 0 Å². The fourth-order valence-corrected chi connectivity index (χ4v) is 4.96. The van der Waals surface area contributed by atoms with Gasteiger partial charge in [-0.15, -0.1) is 10.2 Å². The van der Waals surface area contributed by atoms with Gasteiger partial charge in [-0.1, -0.05) is 67.2 Å². The van der Waals surface area contributed by atoms with Crippen molar-refractivity contribution < 1.29 is 4.79 Å². The van der Waals surface area contributed by atoms with Crippen molar-refractivity contribution in [1.29, 1.82) is 0 Å². The number of aromatic nitrogens is 4. The Labute approximate surface area is 193 Å². The van der Waals surface area contributed by atoms with Gasteiger partial charge in [-0.25, -0.2) is 0 Å². The molecule has 2 aromatic carbocycles. The summed E-state index contributed by atoms with van der Waals surface area (Å²) in [6.07, 6.45) is 2.73. The lowest BCUT2D eigenvalue weighted by Gasteiger charge is -2.23. The number of fused-ring (bicyclic) bond motifs is 1. The van der Waals surface area contributed by atoms with Gasteiger partial charge in [0.1, 0.15) is 0 Å². The van der Waals surface area contributed by atoms with Crippen molar-refractivity contribution in [2.24, 2.45) is 0 Å². The lowest BCUT2D eigenvalue weighted by Crippen LogP contribution is -2.23. The minimum Gasteiger partial charge on any atom is -0.360 e. The minimum absolute atomic E-state index is 0.0860. The molecule has 1 N–H and O–H groups in total. The van der Waals surface area contributed by atoms with E-state index in [2.05, 4.69) is 57.8 Å². The fraction of sp³-hybridized carbons (Fsp3) is 0.320. The molecule has 0 unspecified atom stereocenters. The molecule has 2 aromatic heterocycles. The van der Waals surface area contributed by atoms with E-state index in [0.29, 0.717) is 6.54 Å². The first-order valence-electron chi connectivity index (χ1n) is 10.9. The van der Waals surface area contributed by atoms with Crippen LogP contribution in [0.15, 0.2) is 66.0 Å². The monoisotopic (exact) mass is 447 g/mol. The highest BCUT2D eigenvalue weighted by molar-refractivity contribution is 8.00. The summed E-state index contributed by atoms with van der Waals surface area (Å²) in [5.41, 5.74) is 2.87. The summed E-state index contributed by atoms with van der Waals surface area (Å²) in [6.45, 7) is 4.77. The summed E-state index contributed by atoms with van der Waals surface area (Å²) < 4.78 is 2.16. The first-order chi connectivity index (χ1) is 15.5. The first-order valence-corrected chi connectivity index (χ1v) is 11.8. The zero-order valence-electron chi connectivity index (χ0n) is 18.9. The molecule has 0 amide bonds. The number of Topliss-reactive ketones (excluding diaryl/α,β-unsaturated/α-hetero) is 1. The van der Waals surface area contributed by atoms with Crippen molar-refractivity contribution >= 4 is 28.4 Å². The molecular formula is C25H29N5OS. The average Bonchev–Trinajstić information content (AvgIpc) is 3.39. The number of H-pyrrole nitrogens is 1. The highest BCUT2D eigenvalue weighted by Crippen LogP contribution is 2.31. The highest BCUT2D eigenvalue weighted by Gasteiger charge is 2.26. The van der Waals surface area contributed by atoms with Gasteiger partial charge in [0, 0.05) is 22.7 Å². The Hall–Kier alpha value is -2.90. The third-order valence-electron chi connectivity index (χ3n) is 5.74. The maximum Gasteiger partial charge on any atom is 0.192 e. The van der Waals surface area contributed by atoms with Gasteiger partial charge in [0.15, 0.2) is 16.8 Å². The van der Waals surface area contributed by atoms with Crippen LogP contribution in [0.25, 0.3) is 10.9 Å². The van der Waals surface area contributed by atoms with Gasteiger partial charge >= 0.3 is 0 Å². The van der Waals surface area contributed by atoms with Crippen molar-refractivity contribution in [3.05, 3.63) is 77.7 Å². The highest BCUT2D eigenvalue weighted by atomic mass is 32.2. The van der Waals surface area contributed by atoms with Crippen LogP contribution >= 0.6 is 11.8 Å². The fourth-order valence-electron chi connectivity index (χ4n) is 4.03. The lowest BCUT2D eigenvalue weighted by atomic mass is 10.1. The molecule has 0 saturated carbocycles. The number of benzene rings is 2. The summed E-state index contributed by atoms with van der Waals surface area (Å²) in [7, 11) is 4.12. The summed E-state index contributed by atoms with van der Waals surface area (Å²) in [6, 6.07) is 18.4. The number of hydrogen-bond donors (Lipinski definition) is 1. The zero-order valence-corrected chi connectivity index (χ0v) is 19.8. The third kappa shape index (κ3) is 4.49. The summed E-state index contributed by atoms with van der Waals surface area (Å²) >= 11 is 1.47. The molecule has 166 valence electrons. The van der Waals surface area contributed by atoms with Crippen LogP contribution in [0.4, 0.5) is 0 Å². The normalized spacial score (nSPS) is 13.5. The van der Waals surface area contributed by atoms with Crippen LogP contribution in [-0.4, -0.2) is 49.8 Å². The number of nitrogens with zero attached hydrogens (tertiary/aromatic N) is 4. The van der Waals surface area contributed by atoms with Gasteiger partial charge in [-0.05, 0) is 39.1 Å². The number of nitrogens with one attached hydrogen (secondary N) is 1. The van der Waals surface area contributed by atoms with Gasteiger partial charge in [-0.3, -0.25) is 9.69 Å². The largest absolute Gasteiger partial charge is 0.360 e. The van der Waals surface area contributed by atoms with E-state index in [1.807, 2.05) is 55.6 Å². The molecule has 4 rings (SSSR count). The van der Waals surface area contributed by atoms with Crippen LogP contribution < -0.4 is 0 Å². The molecule has 0 radical (unpaired) electrons. The van der Waals surface area contributed by atoms with E-state index in [1.54, 1.807) is 0 Å². The standard InChI is InChI=1S/C25H29N5OS/c1-5-22(29(3)4)24-27-28-25(30(24)16-18-11-7-6-8-12-18)32-17(2)23(31)20-15-26-21-14-10-9-13-19(20)21/h6-15,17,22,26H,5,16H2,1-4H3/t17-,22-/m1/s1. The number of thioether (sulfide) groups is 1. The minimum atomic E-state index is -0.291. The Morgan fingerprint density at radius 1 is 1.09 bits per heavy atom. The second-order valence-corrected chi connectivity index (χ2v) is 9.48. The van der Waals surface area contributed by atoms with E-state index in [4.69, 9.17) is 0 Å². The summed E-state index contributed by atoms with van der Waals surface area (Å²) in [5, 5.41) is 10.5. The molecular weight excluding hydrogens is 418 g/mol. The summed E-state index contributed by atoms with van der Waals surface area (Å²) in [4.78, 5) is 18.7. The van der Waals surface area contributed by atoms with Crippen LogP contribution in [-0.2, 0) is 6.54 Å². The van der Waals surface area contributed by atoms with Gasteiger partial charge < -0.3 is 9.55 Å². The molecule has 2 atom stereocenters. The van der Waals surface area contributed by atoms with Crippen LogP contribution in [0, 0.1) is 0 Å². The van der Waals surface area contributed by atoms with Gasteiger partial charge in [-0.2, -0.15) is 0 Å². The Morgan fingerprint density at radius 2 is 1.81 bits per heavy atom. The molecule has 4 aromatic rings. The Bertz CT molecular complexity index is 1200. The van der Waals surface area contributed by atoms with Crippen molar-refractivity contribution in [3.8, 4) is 0 Å². The third-order valence-corrected chi connectivity index (χ3v) is 6.82. The Kier molecular flexibility index (Phi) is 6.77. The molecule has 0 aliphatic carbocycles. The first kappa shape index (κ1) is 22.3. The van der Waals surface area contributed by atoms with Crippen LogP contribution in [0.3, 0.4) is 0 Å². The van der Waals surface area contributed by atoms with Gasteiger partial charge in [0.2, 0.25) is 0 Å². The topological polar surface area (TPSA) is 66.8 Å². The molecule has 0 aliphatic rings. The van der Waals surface area contributed by atoms with E-state index in [1.165, 1.54) is 17.3 Å². The Balaban J connectivity index is 1.65. The predicted molar refractivity (Wildman–Crippen MR) is 130 cm³/mol. The van der Waals surface area contributed by atoms with Gasteiger partial charge in [0.05, 0.1) is 17.8 Å². The molecule has 6 nitrogen and oxygen atoms in total.